The molecular weight excluding hydrogens is 196 g/mol. The van der Waals surface area contributed by atoms with Crippen LogP contribution < -0.4 is 5.32 Å². The van der Waals surface area contributed by atoms with Crippen molar-refractivity contribution in [3.05, 3.63) is 33.8 Å². The third-order valence-electron chi connectivity index (χ3n) is 1.56. The molecule has 0 radical (unpaired) electrons. The Bertz CT molecular complexity index is 296. The van der Waals surface area contributed by atoms with Gasteiger partial charge in [0.15, 0.2) is 5.76 Å². The van der Waals surface area contributed by atoms with E-state index in [1.54, 1.807) is 6.92 Å². The van der Waals surface area contributed by atoms with Crippen LogP contribution in [0.4, 0.5) is 0 Å². The molecule has 0 fully saturated rings. The molecule has 6 heteroatoms. The summed E-state index contributed by atoms with van der Waals surface area (Å²) in [5, 5.41) is 13.1. The van der Waals surface area contributed by atoms with Gasteiger partial charge < -0.3 is 10.1 Å². The molecule has 1 N–H and O–H groups in total. The molecule has 1 heterocycles. The van der Waals surface area contributed by atoms with Crippen LogP contribution in [0.5, 0.6) is 0 Å². The number of hydrogen-bond acceptors (Lipinski definition) is 4. The van der Waals surface area contributed by atoms with Gasteiger partial charge in [-0.3, -0.25) is 10.1 Å². The average Bonchev–Trinajstić information content (AvgIpc) is 2.01. The first-order chi connectivity index (χ1) is 5.96. The molecule has 1 aliphatic rings. The van der Waals surface area contributed by atoms with Crippen molar-refractivity contribution in [2.45, 2.75) is 11.9 Å². The molecule has 13 heavy (non-hydrogen) atoms. The van der Waals surface area contributed by atoms with E-state index in [-0.39, 0.29) is 11.5 Å². The summed E-state index contributed by atoms with van der Waals surface area (Å²) in [6.45, 7) is 1.67. The second kappa shape index (κ2) is 3.26. The quantitative estimate of drug-likeness (QED) is 0.318. The molecule has 5 nitrogen and oxygen atoms in total. The van der Waals surface area contributed by atoms with E-state index in [0.29, 0.717) is 0 Å². The van der Waals surface area contributed by atoms with Crippen LogP contribution >= 0.6 is 11.6 Å². The molecule has 0 saturated carbocycles. The zero-order valence-corrected chi connectivity index (χ0v) is 7.96. The molecular formula is C7H9ClN2O3. The number of ether oxygens (including phenoxy) is 1. The van der Waals surface area contributed by atoms with Gasteiger partial charge in [0.05, 0.1) is 18.2 Å². The number of nitrogens with one attached hydrogen (secondary N) is 1. The van der Waals surface area contributed by atoms with Crippen molar-refractivity contribution in [3.8, 4) is 0 Å². The maximum atomic E-state index is 10.5. The third-order valence-corrected chi connectivity index (χ3v) is 1.78. The fraction of sp³-hybridized carbons (Fsp3) is 0.429. The highest BCUT2D eigenvalue weighted by Crippen LogP contribution is 2.24. The molecule has 0 bridgehead atoms. The molecule has 1 rings (SSSR count). The fourth-order valence-corrected chi connectivity index (χ4v) is 1.10. The minimum absolute atomic E-state index is 0.124. The largest absolute Gasteiger partial charge is 0.490 e. The van der Waals surface area contributed by atoms with Crippen LogP contribution in [0.1, 0.15) is 6.92 Å². The Morgan fingerprint density at radius 2 is 2.38 bits per heavy atom. The predicted octanol–water partition coefficient (Wildman–Crippen LogP) is 1.19. The SMILES string of the molecule is COC1=CC(C)(Cl)NC=C1[N+](=O)[O-]. The molecule has 0 amide bonds. The minimum atomic E-state index is -0.829. The summed E-state index contributed by atoms with van der Waals surface area (Å²) in [5.41, 5.74) is -0.124. The van der Waals surface area contributed by atoms with E-state index in [2.05, 4.69) is 5.32 Å². The monoisotopic (exact) mass is 204 g/mol. The second-order valence-electron chi connectivity index (χ2n) is 2.72. The molecule has 0 aliphatic carbocycles. The van der Waals surface area contributed by atoms with Crippen LogP contribution in [0.2, 0.25) is 0 Å². The van der Waals surface area contributed by atoms with Crippen LogP contribution in [0.25, 0.3) is 0 Å². The summed E-state index contributed by atoms with van der Waals surface area (Å²) in [5.74, 6) is 0.168. The van der Waals surface area contributed by atoms with E-state index >= 15 is 0 Å². The van der Waals surface area contributed by atoms with Gasteiger partial charge in [-0.05, 0) is 6.92 Å². The smallest absolute Gasteiger partial charge is 0.326 e. The first-order valence-electron chi connectivity index (χ1n) is 3.54. The first kappa shape index (κ1) is 9.85. The summed E-state index contributed by atoms with van der Waals surface area (Å²) in [6, 6.07) is 0. The summed E-state index contributed by atoms with van der Waals surface area (Å²) >= 11 is 5.88. The van der Waals surface area contributed by atoms with Gasteiger partial charge in [0.2, 0.25) is 0 Å². The lowest BCUT2D eigenvalue weighted by Crippen LogP contribution is -2.35. The normalized spacial score (nSPS) is 27.0. The standard InChI is InChI=1S/C7H9ClN2O3/c1-7(8)3-6(13-2)5(4-9-7)10(11)12/h3-4,9H,1-2H3. The van der Waals surface area contributed by atoms with Crippen molar-refractivity contribution in [2.75, 3.05) is 7.11 Å². The summed E-state index contributed by atoms with van der Waals surface area (Å²) < 4.78 is 4.83. The van der Waals surface area contributed by atoms with Crippen LogP contribution in [-0.2, 0) is 4.74 Å². The van der Waals surface area contributed by atoms with Gasteiger partial charge in [-0.25, -0.2) is 0 Å². The number of alkyl halides is 1. The van der Waals surface area contributed by atoms with Crippen molar-refractivity contribution in [1.29, 1.82) is 0 Å². The molecule has 1 atom stereocenters. The maximum Gasteiger partial charge on any atom is 0.326 e. The zero-order valence-electron chi connectivity index (χ0n) is 7.20. The number of dihydropyridines is 1. The first-order valence-corrected chi connectivity index (χ1v) is 3.92. The van der Waals surface area contributed by atoms with E-state index in [1.807, 2.05) is 0 Å². The van der Waals surface area contributed by atoms with Gasteiger partial charge >= 0.3 is 5.70 Å². The van der Waals surface area contributed by atoms with E-state index in [9.17, 15) is 10.1 Å². The summed E-state index contributed by atoms with van der Waals surface area (Å²) in [6.07, 6.45) is 2.68. The Kier molecular flexibility index (Phi) is 2.47. The van der Waals surface area contributed by atoms with E-state index in [1.165, 1.54) is 19.4 Å². The molecule has 0 aromatic heterocycles. The van der Waals surface area contributed by atoms with Gasteiger partial charge in [0, 0.05) is 6.08 Å². The van der Waals surface area contributed by atoms with Crippen LogP contribution in [0.15, 0.2) is 23.7 Å². The number of nitrogens with zero attached hydrogens (tertiary/aromatic N) is 1. The van der Waals surface area contributed by atoms with Crippen molar-refractivity contribution < 1.29 is 9.66 Å². The van der Waals surface area contributed by atoms with Crippen molar-refractivity contribution in [3.63, 3.8) is 0 Å². The highest BCUT2D eigenvalue weighted by molar-refractivity contribution is 6.24. The number of nitro groups is 1. The lowest BCUT2D eigenvalue weighted by molar-refractivity contribution is -0.425. The molecule has 0 aromatic carbocycles. The van der Waals surface area contributed by atoms with Crippen LogP contribution in [-0.4, -0.2) is 17.0 Å². The number of rotatable bonds is 2. The maximum absolute atomic E-state index is 10.5. The van der Waals surface area contributed by atoms with Gasteiger partial charge in [0.1, 0.15) is 5.00 Å². The highest BCUT2D eigenvalue weighted by Gasteiger charge is 2.29. The lowest BCUT2D eigenvalue weighted by Gasteiger charge is -2.22. The zero-order chi connectivity index (χ0) is 10.1. The van der Waals surface area contributed by atoms with E-state index < -0.39 is 9.92 Å². The Morgan fingerprint density at radius 3 is 2.85 bits per heavy atom. The highest BCUT2D eigenvalue weighted by atomic mass is 35.5. The van der Waals surface area contributed by atoms with Crippen molar-refractivity contribution in [2.24, 2.45) is 0 Å². The second-order valence-corrected chi connectivity index (χ2v) is 3.50. The van der Waals surface area contributed by atoms with Gasteiger partial charge in [-0.15, -0.1) is 0 Å². The molecule has 0 saturated heterocycles. The number of hydrogen-bond donors (Lipinski definition) is 1. The summed E-state index contributed by atoms with van der Waals surface area (Å²) in [4.78, 5) is 9.11. The minimum Gasteiger partial charge on any atom is -0.490 e. The Hall–Kier alpha value is -1.23. The third kappa shape index (κ3) is 2.12. The fourth-order valence-electron chi connectivity index (χ4n) is 0.949. The van der Waals surface area contributed by atoms with Crippen molar-refractivity contribution in [1.82, 2.24) is 5.32 Å². The number of methoxy groups -OCH3 is 1. The van der Waals surface area contributed by atoms with Gasteiger partial charge in [-0.1, -0.05) is 11.6 Å². The van der Waals surface area contributed by atoms with Crippen LogP contribution in [0.3, 0.4) is 0 Å². The van der Waals surface area contributed by atoms with E-state index in [4.69, 9.17) is 16.3 Å². The number of halogens is 1. The molecule has 1 unspecified atom stereocenters. The average molecular weight is 205 g/mol. The van der Waals surface area contributed by atoms with Crippen LogP contribution in [0, 0.1) is 10.1 Å². The van der Waals surface area contributed by atoms with Gasteiger partial charge in [0.25, 0.3) is 0 Å². The molecule has 72 valence electrons. The lowest BCUT2D eigenvalue weighted by atomic mass is 10.2. The summed E-state index contributed by atoms with van der Waals surface area (Å²) in [7, 11) is 1.36. The topological polar surface area (TPSA) is 64.4 Å². The van der Waals surface area contributed by atoms with Crippen molar-refractivity contribution >= 4 is 11.6 Å². The predicted molar refractivity (Wildman–Crippen MR) is 47.6 cm³/mol. The molecule has 0 aromatic rings. The van der Waals surface area contributed by atoms with Gasteiger partial charge in [-0.2, -0.15) is 0 Å². The Balaban J connectivity index is 2.99. The molecule has 0 spiro atoms. The Morgan fingerprint density at radius 1 is 1.77 bits per heavy atom. The Labute approximate surface area is 80.2 Å². The molecule has 1 aliphatic heterocycles. The van der Waals surface area contributed by atoms with E-state index in [0.717, 1.165) is 0 Å².